The first-order valence-corrected chi connectivity index (χ1v) is 10.3. The number of carbonyl (C=O) groups is 1. The summed E-state index contributed by atoms with van der Waals surface area (Å²) in [6, 6.07) is 10.00. The summed E-state index contributed by atoms with van der Waals surface area (Å²) in [5.74, 6) is 0.417. The van der Waals surface area contributed by atoms with E-state index in [0.717, 1.165) is 51.6 Å². The van der Waals surface area contributed by atoms with Crippen molar-refractivity contribution in [3.63, 3.8) is 0 Å². The number of anilines is 3. The molecule has 2 aliphatic rings. The summed E-state index contributed by atoms with van der Waals surface area (Å²) in [7, 11) is 0. The molecule has 2 N–H and O–H groups in total. The molecule has 0 bridgehead atoms. The van der Waals surface area contributed by atoms with Crippen LogP contribution in [0, 0.1) is 0 Å². The predicted octanol–water partition coefficient (Wildman–Crippen LogP) is 1.88. The zero-order valence-corrected chi connectivity index (χ0v) is 16.6. The Morgan fingerprint density at radius 3 is 2.55 bits per heavy atom. The lowest BCUT2D eigenvalue weighted by Crippen LogP contribution is -2.41. The van der Waals surface area contributed by atoms with Gasteiger partial charge in [0.15, 0.2) is 0 Å². The maximum absolute atomic E-state index is 12.4. The highest BCUT2D eigenvalue weighted by Crippen LogP contribution is 2.23. The Hall–Kier alpha value is -2.71. The lowest BCUT2D eigenvalue weighted by Gasteiger charge is -2.26. The van der Waals surface area contributed by atoms with Gasteiger partial charge in [-0.25, -0.2) is 9.97 Å². The molecule has 0 radical (unpaired) electrons. The minimum atomic E-state index is -0.187. The monoisotopic (exact) mass is 396 g/mol. The lowest BCUT2D eigenvalue weighted by atomic mass is 10.2. The fraction of sp³-hybridized carbons (Fsp3) is 0.476. The second-order valence-electron chi connectivity index (χ2n) is 7.36. The molecule has 8 heteroatoms. The Morgan fingerprint density at radius 2 is 1.79 bits per heavy atom. The third-order valence-electron chi connectivity index (χ3n) is 5.33. The van der Waals surface area contributed by atoms with Gasteiger partial charge in [-0.1, -0.05) is 0 Å². The van der Waals surface area contributed by atoms with Crippen molar-refractivity contribution in [3.8, 4) is 0 Å². The van der Waals surface area contributed by atoms with Crippen molar-refractivity contribution >= 4 is 23.1 Å². The van der Waals surface area contributed by atoms with Gasteiger partial charge in [0, 0.05) is 56.7 Å². The van der Waals surface area contributed by atoms with Crippen LogP contribution in [-0.2, 0) is 4.74 Å². The van der Waals surface area contributed by atoms with E-state index in [0.29, 0.717) is 18.1 Å². The molecule has 2 fully saturated rings. The van der Waals surface area contributed by atoms with Crippen LogP contribution in [0.3, 0.4) is 0 Å². The molecule has 1 amide bonds. The van der Waals surface area contributed by atoms with E-state index < -0.39 is 0 Å². The standard InChI is InChI=1S/C21H28N6O2/c28-21(22-7-10-26-11-13-29-14-12-26)19-15-20(24-16-23-19)25-17-3-5-18(6-4-17)27-8-1-2-9-27/h3-6,15-16H,1-2,7-14H2,(H,22,28)(H,23,24,25). The number of nitrogens with one attached hydrogen (secondary N) is 2. The molecule has 2 saturated heterocycles. The Balaban J connectivity index is 1.30. The maximum atomic E-state index is 12.4. The number of amides is 1. The largest absolute Gasteiger partial charge is 0.379 e. The minimum absolute atomic E-state index is 0.187. The number of carbonyl (C=O) groups excluding carboxylic acids is 1. The number of rotatable bonds is 7. The predicted molar refractivity (Wildman–Crippen MR) is 113 cm³/mol. The first-order chi connectivity index (χ1) is 14.3. The van der Waals surface area contributed by atoms with Crippen LogP contribution in [0.1, 0.15) is 23.3 Å². The molecule has 1 aromatic heterocycles. The van der Waals surface area contributed by atoms with Crippen LogP contribution in [0.5, 0.6) is 0 Å². The van der Waals surface area contributed by atoms with Crippen molar-refractivity contribution in [2.45, 2.75) is 12.8 Å². The van der Waals surface area contributed by atoms with Gasteiger partial charge in [-0.15, -0.1) is 0 Å². The quantitative estimate of drug-likeness (QED) is 0.739. The van der Waals surface area contributed by atoms with Crippen LogP contribution in [0.2, 0.25) is 0 Å². The van der Waals surface area contributed by atoms with Crippen molar-refractivity contribution in [2.24, 2.45) is 0 Å². The smallest absolute Gasteiger partial charge is 0.270 e. The van der Waals surface area contributed by atoms with Gasteiger partial charge in [0.25, 0.3) is 5.91 Å². The average molecular weight is 396 g/mol. The highest BCUT2D eigenvalue weighted by Gasteiger charge is 2.13. The van der Waals surface area contributed by atoms with Gasteiger partial charge < -0.3 is 20.3 Å². The maximum Gasteiger partial charge on any atom is 0.270 e. The number of nitrogens with zero attached hydrogens (tertiary/aromatic N) is 4. The molecule has 0 saturated carbocycles. The summed E-state index contributed by atoms with van der Waals surface area (Å²) in [4.78, 5) is 25.4. The lowest BCUT2D eigenvalue weighted by molar-refractivity contribution is 0.0383. The molecule has 29 heavy (non-hydrogen) atoms. The Labute approximate surface area is 171 Å². The van der Waals surface area contributed by atoms with Crippen LogP contribution in [-0.4, -0.2) is 73.3 Å². The Kier molecular flexibility index (Phi) is 6.53. The zero-order chi connectivity index (χ0) is 19.9. The molecular formula is C21H28N6O2. The van der Waals surface area contributed by atoms with E-state index in [2.05, 4.69) is 42.5 Å². The van der Waals surface area contributed by atoms with Crippen LogP contribution in [0.4, 0.5) is 17.2 Å². The fourth-order valence-corrected chi connectivity index (χ4v) is 3.67. The van der Waals surface area contributed by atoms with Gasteiger partial charge in [-0.3, -0.25) is 9.69 Å². The zero-order valence-electron chi connectivity index (χ0n) is 16.6. The van der Waals surface area contributed by atoms with Gasteiger partial charge in [0.1, 0.15) is 17.8 Å². The van der Waals surface area contributed by atoms with E-state index in [-0.39, 0.29) is 5.91 Å². The number of benzene rings is 1. The van der Waals surface area contributed by atoms with Crippen molar-refractivity contribution in [1.82, 2.24) is 20.2 Å². The summed E-state index contributed by atoms with van der Waals surface area (Å²) in [6.07, 6.45) is 3.94. The summed E-state index contributed by atoms with van der Waals surface area (Å²) in [6.45, 7) is 6.99. The van der Waals surface area contributed by atoms with Crippen LogP contribution in [0.15, 0.2) is 36.7 Å². The van der Waals surface area contributed by atoms with Crippen molar-refractivity contribution in [2.75, 3.05) is 62.7 Å². The van der Waals surface area contributed by atoms with Gasteiger partial charge >= 0.3 is 0 Å². The first kappa shape index (κ1) is 19.6. The van der Waals surface area contributed by atoms with Gasteiger partial charge in [0.2, 0.25) is 0 Å². The van der Waals surface area contributed by atoms with Gasteiger partial charge in [-0.2, -0.15) is 0 Å². The third kappa shape index (κ3) is 5.42. The number of hydrogen-bond acceptors (Lipinski definition) is 7. The second kappa shape index (κ2) is 9.67. The second-order valence-corrected chi connectivity index (χ2v) is 7.36. The van der Waals surface area contributed by atoms with E-state index in [4.69, 9.17) is 4.74 Å². The van der Waals surface area contributed by atoms with E-state index in [9.17, 15) is 4.79 Å². The number of ether oxygens (including phenoxy) is 1. The molecule has 2 aliphatic heterocycles. The minimum Gasteiger partial charge on any atom is -0.379 e. The van der Waals surface area contributed by atoms with Crippen LogP contribution >= 0.6 is 0 Å². The topological polar surface area (TPSA) is 82.6 Å². The first-order valence-electron chi connectivity index (χ1n) is 10.3. The normalized spacial score (nSPS) is 17.3. The molecule has 2 aromatic rings. The highest BCUT2D eigenvalue weighted by molar-refractivity contribution is 5.92. The van der Waals surface area contributed by atoms with Crippen molar-refractivity contribution < 1.29 is 9.53 Å². The Morgan fingerprint density at radius 1 is 1.03 bits per heavy atom. The Bertz CT molecular complexity index is 801. The molecule has 0 atom stereocenters. The molecular weight excluding hydrogens is 368 g/mol. The highest BCUT2D eigenvalue weighted by atomic mass is 16.5. The molecule has 8 nitrogen and oxygen atoms in total. The molecule has 4 rings (SSSR count). The molecule has 0 aliphatic carbocycles. The van der Waals surface area contributed by atoms with E-state index in [1.165, 1.54) is 24.9 Å². The van der Waals surface area contributed by atoms with Gasteiger partial charge in [-0.05, 0) is 37.1 Å². The van der Waals surface area contributed by atoms with Crippen LogP contribution in [0.25, 0.3) is 0 Å². The number of hydrogen-bond donors (Lipinski definition) is 2. The fourth-order valence-electron chi connectivity index (χ4n) is 3.67. The van der Waals surface area contributed by atoms with E-state index in [1.807, 2.05) is 12.1 Å². The van der Waals surface area contributed by atoms with E-state index in [1.54, 1.807) is 6.07 Å². The molecule has 0 unspecified atom stereocenters. The summed E-state index contributed by atoms with van der Waals surface area (Å²) in [5, 5.41) is 6.18. The van der Waals surface area contributed by atoms with Gasteiger partial charge in [0.05, 0.1) is 13.2 Å². The van der Waals surface area contributed by atoms with E-state index >= 15 is 0 Å². The molecule has 3 heterocycles. The van der Waals surface area contributed by atoms with Crippen LogP contribution < -0.4 is 15.5 Å². The molecule has 0 spiro atoms. The van der Waals surface area contributed by atoms with Crippen molar-refractivity contribution in [3.05, 3.63) is 42.4 Å². The summed E-state index contributed by atoms with van der Waals surface area (Å²) >= 11 is 0. The summed E-state index contributed by atoms with van der Waals surface area (Å²) in [5.41, 5.74) is 2.54. The third-order valence-corrected chi connectivity index (χ3v) is 5.33. The number of morpholine rings is 1. The SMILES string of the molecule is O=C(NCCN1CCOCC1)c1cc(Nc2ccc(N3CCCC3)cc2)ncn1. The number of aromatic nitrogens is 2. The molecule has 1 aromatic carbocycles. The molecule has 154 valence electrons. The summed E-state index contributed by atoms with van der Waals surface area (Å²) < 4.78 is 5.34. The average Bonchev–Trinajstić information content (AvgIpc) is 3.30. The van der Waals surface area contributed by atoms with Crippen molar-refractivity contribution in [1.29, 1.82) is 0 Å².